The number of nitrogens with one attached hydrogen (secondary N) is 1. The zero-order chi connectivity index (χ0) is 27.4. The second-order valence-electron chi connectivity index (χ2n) is 10.6. The van der Waals surface area contributed by atoms with Crippen LogP contribution in [0.1, 0.15) is 36.7 Å². The van der Waals surface area contributed by atoms with Crippen molar-refractivity contribution in [2.75, 3.05) is 5.32 Å². The molecule has 0 saturated carbocycles. The van der Waals surface area contributed by atoms with Crippen molar-refractivity contribution in [3.63, 3.8) is 0 Å². The van der Waals surface area contributed by atoms with E-state index in [4.69, 9.17) is 4.98 Å². The van der Waals surface area contributed by atoms with E-state index in [1.807, 2.05) is 63.2 Å². The summed E-state index contributed by atoms with van der Waals surface area (Å²) in [6.45, 7) is 5.87. The minimum absolute atomic E-state index is 0.142. The van der Waals surface area contributed by atoms with E-state index in [1.165, 1.54) is 38.5 Å². The summed E-state index contributed by atoms with van der Waals surface area (Å²) in [5, 5.41) is 5.77. The highest BCUT2D eigenvalue weighted by Crippen LogP contribution is 2.50. The van der Waals surface area contributed by atoms with E-state index in [-0.39, 0.29) is 17.3 Å². The van der Waals surface area contributed by atoms with Gasteiger partial charge in [0.2, 0.25) is 10.0 Å². The molecule has 0 fully saturated rings. The van der Waals surface area contributed by atoms with Crippen molar-refractivity contribution in [3.05, 3.63) is 102 Å². The molecule has 196 valence electrons. The third-order valence-electron chi connectivity index (χ3n) is 6.87. The Labute approximate surface area is 232 Å². The molecule has 0 bridgehead atoms. The van der Waals surface area contributed by atoms with Crippen molar-refractivity contribution in [1.82, 2.24) is 9.29 Å². The summed E-state index contributed by atoms with van der Waals surface area (Å²) in [4.78, 5) is 19.0. The number of carbonyl (C=O) groups excluding carboxylic acids is 1. The third kappa shape index (κ3) is 4.54. The summed E-state index contributed by atoms with van der Waals surface area (Å²) >= 11 is 1.44. The minimum atomic E-state index is -3.81. The molecule has 8 heteroatoms. The fourth-order valence-corrected chi connectivity index (χ4v) is 7.75. The lowest BCUT2D eigenvalue weighted by Crippen LogP contribution is -2.44. The SMILES string of the molecule is CC(C)(C)N(Cc1ccccc1)S(=O)(=O)c1ccc(C(=O)Nc2nc3c(s2)-c2cccc4cccc-3c24)cc1. The standard InChI is InChI=1S/C31H27N3O3S2/c1-31(2,3)34(19-20-9-5-4-6-10-20)39(36,37)23-17-15-22(16-18-23)29(35)33-30-32-27-24-13-7-11-21-12-8-14-25(26(21)24)28(27)38-30/h4-18H,19H2,1-3H3,(H,32,33,35). The maximum atomic E-state index is 13.6. The molecular formula is C31H27N3O3S2. The van der Waals surface area contributed by atoms with E-state index in [1.54, 1.807) is 12.1 Å². The van der Waals surface area contributed by atoms with Gasteiger partial charge < -0.3 is 0 Å². The molecule has 0 spiro atoms. The summed E-state index contributed by atoms with van der Waals surface area (Å²) in [5.74, 6) is -0.338. The highest BCUT2D eigenvalue weighted by molar-refractivity contribution is 7.89. The van der Waals surface area contributed by atoms with Gasteiger partial charge in [0, 0.05) is 28.8 Å². The van der Waals surface area contributed by atoms with Crippen LogP contribution in [0.2, 0.25) is 0 Å². The molecule has 0 radical (unpaired) electrons. The first-order valence-electron chi connectivity index (χ1n) is 12.6. The minimum Gasteiger partial charge on any atom is -0.298 e. The Morgan fingerprint density at radius 3 is 2.21 bits per heavy atom. The van der Waals surface area contributed by atoms with E-state index in [0.29, 0.717) is 10.7 Å². The molecule has 0 saturated heterocycles. The molecule has 39 heavy (non-hydrogen) atoms. The molecule has 1 aliphatic carbocycles. The Hall–Kier alpha value is -3.85. The second-order valence-corrected chi connectivity index (χ2v) is 13.4. The predicted octanol–water partition coefficient (Wildman–Crippen LogP) is 7.19. The Morgan fingerprint density at radius 2 is 1.54 bits per heavy atom. The van der Waals surface area contributed by atoms with Gasteiger partial charge in [0.15, 0.2) is 5.13 Å². The lowest BCUT2D eigenvalue weighted by Gasteiger charge is -2.34. The van der Waals surface area contributed by atoms with Crippen molar-refractivity contribution < 1.29 is 13.2 Å². The summed E-state index contributed by atoms with van der Waals surface area (Å²) in [6.07, 6.45) is 0. The van der Waals surface area contributed by atoms with Crippen LogP contribution in [0, 0.1) is 0 Å². The Morgan fingerprint density at radius 1 is 0.872 bits per heavy atom. The van der Waals surface area contributed by atoms with Crippen molar-refractivity contribution >= 4 is 43.2 Å². The van der Waals surface area contributed by atoms with E-state index < -0.39 is 15.6 Å². The van der Waals surface area contributed by atoms with Crippen LogP contribution in [-0.4, -0.2) is 29.2 Å². The number of hydrogen-bond donors (Lipinski definition) is 1. The first-order chi connectivity index (χ1) is 18.6. The molecule has 0 atom stereocenters. The van der Waals surface area contributed by atoms with E-state index in [9.17, 15) is 13.2 Å². The van der Waals surface area contributed by atoms with Gasteiger partial charge in [-0.05, 0) is 61.4 Å². The van der Waals surface area contributed by atoms with Gasteiger partial charge in [-0.3, -0.25) is 10.1 Å². The third-order valence-corrected chi connectivity index (χ3v) is 10.0. The highest BCUT2D eigenvalue weighted by Gasteiger charge is 2.34. The zero-order valence-corrected chi connectivity index (χ0v) is 23.4. The summed E-state index contributed by atoms with van der Waals surface area (Å²) in [7, 11) is -3.81. The topological polar surface area (TPSA) is 79.4 Å². The molecule has 6 nitrogen and oxygen atoms in total. The second kappa shape index (κ2) is 9.41. The number of nitrogens with zero attached hydrogens (tertiary/aromatic N) is 2. The number of benzene rings is 4. The van der Waals surface area contributed by atoms with Gasteiger partial charge in [0.05, 0.1) is 15.5 Å². The van der Waals surface area contributed by atoms with Gasteiger partial charge in [-0.15, -0.1) is 0 Å². The molecule has 1 N–H and O–H groups in total. The van der Waals surface area contributed by atoms with Crippen LogP contribution in [0.25, 0.3) is 32.5 Å². The number of fused-ring (bicyclic) bond motifs is 3. The van der Waals surface area contributed by atoms with Gasteiger partial charge in [0.1, 0.15) is 0 Å². The Balaban J connectivity index is 1.23. The largest absolute Gasteiger partial charge is 0.298 e. The normalized spacial score (nSPS) is 12.6. The number of thiazole rings is 1. The summed E-state index contributed by atoms with van der Waals surface area (Å²) in [6, 6.07) is 28.0. The van der Waals surface area contributed by atoms with Gasteiger partial charge in [-0.2, -0.15) is 4.31 Å². The summed E-state index contributed by atoms with van der Waals surface area (Å²) < 4.78 is 28.7. The molecular weight excluding hydrogens is 526 g/mol. The molecule has 4 aromatic carbocycles. The number of carbonyl (C=O) groups is 1. The number of amides is 1. The van der Waals surface area contributed by atoms with Gasteiger partial charge in [0.25, 0.3) is 5.91 Å². The van der Waals surface area contributed by atoms with E-state index in [2.05, 4.69) is 29.6 Å². The monoisotopic (exact) mass is 553 g/mol. The number of rotatable bonds is 6. The van der Waals surface area contributed by atoms with Crippen LogP contribution in [0.4, 0.5) is 5.13 Å². The lowest BCUT2D eigenvalue weighted by atomic mass is 10.0. The Kier molecular flexibility index (Phi) is 6.14. The van der Waals surface area contributed by atoms with Crippen molar-refractivity contribution in [2.45, 2.75) is 37.8 Å². The zero-order valence-electron chi connectivity index (χ0n) is 21.8. The molecule has 1 aliphatic rings. The average molecular weight is 554 g/mol. The van der Waals surface area contributed by atoms with Crippen molar-refractivity contribution in [3.8, 4) is 21.7 Å². The van der Waals surface area contributed by atoms with Crippen LogP contribution in [0.3, 0.4) is 0 Å². The average Bonchev–Trinajstić information content (AvgIpc) is 3.46. The first-order valence-corrected chi connectivity index (χ1v) is 14.9. The van der Waals surface area contributed by atoms with Crippen molar-refractivity contribution in [1.29, 1.82) is 0 Å². The van der Waals surface area contributed by atoms with E-state index >= 15 is 0 Å². The predicted molar refractivity (Wildman–Crippen MR) is 157 cm³/mol. The van der Waals surface area contributed by atoms with Crippen molar-refractivity contribution in [2.24, 2.45) is 0 Å². The quantitative estimate of drug-likeness (QED) is 0.237. The first kappa shape index (κ1) is 25.4. The van der Waals surface area contributed by atoms with Gasteiger partial charge in [-0.1, -0.05) is 78.1 Å². The Bertz CT molecular complexity index is 1770. The molecule has 0 aliphatic heterocycles. The van der Waals surface area contributed by atoms with Gasteiger partial charge >= 0.3 is 0 Å². The van der Waals surface area contributed by atoms with E-state index in [0.717, 1.165) is 27.3 Å². The van der Waals surface area contributed by atoms with Crippen LogP contribution in [-0.2, 0) is 16.6 Å². The lowest BCUT2D eigenvalue weighted by molar-refractivity contribution is 0.102. The van der Waals surface area contributed by atoms with Gasteiger partial charge in [-0.25, -0.2) is 13.4 Å². The fraction of sp³-hybridized carbons (Fsp3) is 0.161. The number of aromatic nitrogens is 1. The highest BCUT2D eigenvalue weighted by atomic mass is 32.2. The number of hydrogen-bond acceptors (Lipinski definition) is 5. The van der Waals surface area contributed by atoms with Crippen LogP contribution in [0.5, 0.6) is 0 Å². The molecule has 1 aromatic heterocycles. The molecule has 1 amide bonds. The maximum absolute atomic E-state index is 13.6. The van der Waals surface area contributed by atoms with Crippen LogP contribution >= 0.6 is 11.3 Å². The fourth-order valence-electron chi connectivity index (χ4n) is 4.97. The molecule has 6 rings (SSSR count). The number of sulfonamides is 1. The smallest absolute Gasteiger partial charge is 0.257 e. The summed E-state index contributed by atoms with van der Waals surface area (Å²) in [5.41, 5.74) is 3.70. The van der Waals surface area contributed by atoms with Crippen LogP contribution in [0.15, 0.2) is 95.9 Å². The maximum Gasteiger partial charge on any atom is 0.257 e. The van der Waals surface area contributed by atoms with Crippen LogP contribution < -0.4 is 5.32 Å². The molecule has 0 unspecified atom stereocenters. The molecule has 1 heterocycles. The molecule has 5 aromatic rings. The number of anilines is 1.